The smallest absolute Gasteiger partial charge is 0.414 e. The van der Waals surface area contributed by atoms with Gasteiger partial charge in [0.05, 0.1) is 5.69 Å². The Morgan fingerprint density at radius 3 is 1.68 bits per heavy atom. The highest BCUT2D eigenvalue weighted by molar-refractivity contribution is 6.04. The fourth-order valence-electron chi connectivity index (χ4n) is 3.63. The Bertz CT molecular complexity index is 1550. The van der Waals surface area contributed by atoms with Crippen LogP contribution < -0.4 is 16.4 Å². The second-order valence-electron chi connectivity index (χ2n) is 11.1. The lowest BCUT2D eigenvalue weighted by Gasteiger charge is -2.22. The van der Waals surface area contributed by atoms with Gasteiger partial charge in [-0.05, 0) is 88.7 Å². The number of carbonyl (C=O) groups is 2. The van der Waals surface area contributed by atoms with Crippen LogP contribution in [0.3, 0.4) is 0 Å². The second-order valence-corrected chi connectivity index (χ2v) is 11.1. The first-order valence-corrected chi connectivity index (χ1v) is 12.9. The van der Waals surface area contributed by atoms with E-state index in [4.69, 9.17) is 15.2 Å². The molecule has 0 aliphatic rings. The molecule has 0 aliphatic heterocycles. The maximum atomic E-state index is 12.2. The summed E-state index contributed by atoms with van der Waals surface area (Å²) in [6.07, 6.45) is -1.56. The van der Waals surface area contributed by atoms with Crippen molar-refractivity contribution in [1.82, 2.24) is 10.6 Å². The first kappa shape index (κ1) is 30.6. The Morgan fingerprint density at radius 1 is 0.707 bits per heavy atom. The quantitative estimate of drug-likeness (QED) is 0.0984. The van der Waals surface area contributed by atoms with Crippen molar-refractivity contribution in [2.75, 3.05) is 5.73 Å². The van der Waals surface area contributed by atoms with E-state index in [2.05, 4.69) is 15.6 Å². The van der Waals surface area contributed by atoms with E-state index in [0.29, 0.717) is 16.8 Å². The summed E-state index contributed by atoms with van der Waals surface area (Å²) < 4.78 is 10.5. The molecule has 0 saturated carbocycles. The minimum absolute atomic E-state index is 0.0712. The van der Waals surface area contributed by atoms with Gasteiger partial charge in [-0.3, -0.25) is 10.6 Å². The lowest BCUT2D eigenvalue weighted by atomic mass is 10.1. The molecule has 6 N–H and O–H groups in total. The van der Waals surface area contributed by atoms with Crippen molar-refractivity contribution in [3.63, 3.8) is 0 Å². The zero-order valence-corrected chi connectivity index (χ0v) is 24.0. The third-order valence-electron chi connectivity index (χ3n) is 5.21. The number of nitrogens with zero attached hydrogens (tertiary/aromatic N) is 1. The number of alkyl carbamates (subject to hydrolysis) is 2. The summed E-state index contributed by atoms with van der Waals surface area (Å²) >= 11 is 0. The molecule has 0 radical (unpaired) electrons. The van der Waals surface area contributed by atoms with Crippen molar-refractivity contribution in [1.29, 1.82) is 0 Å². The van der Waals surface area contributed by atoms with Crippen molar-refractivity contribution in [2.45, 2.75) is 52.7 Å². The minimum atomic E-state index is -0.782. The number of nitrogens with two attached hydrogens (primary N) is 1. The maximum Gasteiger partial charge on any atom is 0.414 e. The third kappa shape index (κ3) is 9.61. The van der Waals surface area contributed by atoms with Crippen molar-refractivity contribution < 1.29 is 29.3 Å². The number of hydrogen-bond acceptors (Lipinski definition) is 8. The molecule has 10 nitrogen and oxygen atoms in total. The monoisotopic (exact) mass is 560 g/mol. The standard InChI is InChI=1S/C21H27N3O5.C10H9NO/c1-20(2,3)28-18(26)23-17(24-19(27)29-21(4,5)6)22-16-9-7-8-13-10-11-14(25)12-15(13)16;11-10-3-1-2-7-4-5-8(12)6-9(7)10/h7-12,25H,1-6H3,(H2,22,23,24,26,27);1-6,12H,11H2. The fraction of sp³-hybridized carbons (Fsp3) is 0.258. The number of hydrogen-bond donors (Lipinski definition) is 5. The van der Waals surface area contributed by atoms with E-state index in [9.17, 15) is 19.8 Å². The molecule has 0 spiro atoms. The molecule has 0 heterocycles. The summed E-state index contributed by atoms with van der Waals surface area (Å²) in [6.45, 7) is 10.3. The fourth-order valence-corrected chi connectivity index (χ4v) is 3.63. The van der Waals surface area contributed by atoms with Gasteiger partial charge in [-0.2, -0.15) is 0 Å². The number of fused-ring (bicyclic) bond motifs is 2. The number of phenols is 2. The van der Waals surface area contributed by atoms with Crippen molar-refractivity contribution >= 4 is 51.1 Å². The van der Waals surface area contributed by atoms with Gasteiger partial charge in [0.15, 0.2) is 0 Å². The van der Waals surface area contributed by atoms with E-state index in [1.54, 1.807) is 84.0 Å². The number of carbonyl (C=O) groups excluding carboxylic acids is 2. The van der Waals surface area contributed by atoms with Gasteiger partial charge in [-0.1, -0.05) is 36.4 Å². The number of nitrogens with one attached hydrogen (secondary N) is 2. The Balaban J connectivity index is 0.000000317. The van der Waals surface area contributed by atoms with Crippen LogP contribution in [0, 0.1) is 0 Å². The highest BCUT2D eigenvalue weighted by Crippen LogP contribution is 2.29. The van der Waals surface area contributed by atoms with Crippen molar-refractivity contribution in [3.8, 4) is 11.5 Å². The predicted octanol–water partition coefficient (Wildman–Crippen LogP) is 6.71. The molecule has 0 fully saturated rings. The first-order chi connectivity index (χ1) is 19.1. The topological polar surface area (TPSA) is 156 Å². The van der Waals surface area contributed by atoms with Gasteiger partial charge in [0.2, 0.25) is 5.96 Å². The van der Waals surface area contributed by atoms with Crippen LogP contribution in [0.4, 0.5) is 21.0 Å². The lowest BCUT2D eigenvalue weighted by Crippen LogP contribution is -2.47. The Morgan fingerprint density at radius 2 is 1.17 bits per heavy atom. The van der Waals surface area contributed by atoms with E-state index < -0.39 is 23.4 Å². The number of ether oxygens (including phenoxy) is 2. The van der Waals surface area contributed by atoms with Crippen LogP contribution in [0.1, 0.15) is 41.5 Å². The number of phenolic OH excluding ortho intramolecular Hbond substituents is 2. The number of aliphatic imine (C=N–C) groups is 1. The number of nitrogen functional groups attached to an aromatic ring is 1. The van der Waals surface area contributed by atoms with Gasteiger partial charge in [-0.15, -0.1) is 0 Å². The first-order valence-electron chi connectivity index (χ1n) is 12.9. The highest BCUT2D eigenvalue weighted by Gasteiger charge is 2.21. The van der Waals surface area contributed by atoms with Crippen LogP contribution in [0.2, 0.25) is 0 Å². The zero-order valence-electron chi connectivity index (χ0n) is 24.0. The predicted molar refractivity (Wildman–Crippen MR) is 161 cm³/mol. The molecular formula is C31H36N4O6. The Labute approximate surface area is 238 Å². The molecule has 0 aromatic heterocycles. The van der Waals surface area contributed by atoms with Gasteiger partial charge in [0.1, 0.15) is 22.7 Å². The molecule has 41 heavy (non-hydrogen) atoms. The highest BCUT2D eigenvalue weighted by atomic mass is 16.6. The minimum Gasteiger partial charge on any atom is -0.508 e. The van der Waals surface area contributed by atoms with Gasteiger partial charge in [0, 0.05) is 16.5 Å². The average Bonchev–Trinajstić information content (AvgIpc) is 2.83. The summed E-state index contributed by atoms with van der Waals surface area (Å²) in [5.74, 6) is 0.159. The summed E-state index contributed by atoms with van der Waals surface area (Å²) in [6, 6.07) is 21.0. The number of anilines is 1. The molecule has 0 bridgehead atoms. The van der Waals surface area contributed by atoms with Gasteiger partial charge >= 0.3 is 12.2 Å². The van der Waals surface area contributed by atoms with E-state index in [1.165, 1.54) is 0 Å². The molecule has 4 aromatic carbocycles. The molecule has 4 rings (SSSR count). The largest absolute Gasteiger partial charge is 0.508 e. The summed E-state index contributed by atoms with van der Waals surface area (Å²) in [4.78, 5) is 28.7. The lowest BCUT2D eigenvalue weighted by molar-refractivity contribution is 0.0545. The normalized spacial score (nSPS) is 11.2. The summed E-state index contributed by atoms with van der Waals surface area (Å²) in [5.41, 5.74) is 5.38. The zero-order chi connectivity index (χ0) is 30.4. The summed E-state index contributed by atoms with van der Waals surface area (Å²) in [7, 11) is 0. The maximum absolute atomic E-state index is 12.2. The van der Waals surface area contributed by atoms with E-state index >= 15 is 0 Å². The molecule has 0 atom stereocenters. The van der Waals surface area contributed by atoms with Gasteiger partial charge in [-0.25, -0.2) is 14.6 Å². The third-order valence-corrected chi connectivity index (χ3v) is 5.21. The van der Waals surface area contributed by atoms with Crippen molar-refractivity contribution in [3.05, 3.63) is 72.8 Å². The van der Waals surface area contributed by atoms with Crippen LogP contribution >= 0.6 is 0 Å². The number of amides is 2. The molecule has 0 unspecified atom stereocenters. The van der Waals surface area contributed by atoms with E-state index in [1.807, 2.05) is 30.3 Å². The molecule has 10 heteroatoms. The summed E-state index contributed by atoms with van der Waals surface area (Å²) in [5, 5.41) is 27.3. The molecule has 4 aromatic rings. The SMILES string of the molecule is CC(C)(C)OC(=O)NC(=Nc1cccc2ccc(O)cc12)NC(=O)OC(C)(C)C.Nc1cccc2ccc(O)cc12. The number of guanidine groups is 1. The van der Waals surface area contributed by atoms with Crippen LogP contribution in [-0.2, 0) is 9.47 Å². The number of rotatable bonds is 1. The van der Waals surface area contributed by atoms with Gasteiger partial charge in [0.25, 0.3) is 0 Å². The van der Waals surface area contributed by atoms with Crippen molar-refractivity contribution in [2.24, 2.45) is 4.99 Å². The second kappa shape index (κ2) is 12.5. The molecule has 0 aliphatic carbocycles. The van der Waals surface area contributed by atoms with E-state index in [0.717, 1.165) is 16.2 Å². The Kier molecular flexibility index (Phi) is 9.28. The Hall–Kier alpha value is -4.99. The van der Waals surface area contributed by atoms with E-state index in [-0.39, 0.29) is 17.5 Å². The number of benzene rings is 4. The van der Waals surface area contributed by atoms with Gasteiger partial charge < -0.3 is 25.4 Å². The molecular weight excluding hydrogens is 524 g/mol. The molecule has 0 saturated heterocycles. The van der Waals surface area contributed by atoms with Crippen LogP contribution in [0.5, 0.6) is 11.5 Å². The average molecular weight is 561 g/mol. The number of aromatic hydroxyl groups is 2. The van der Waals surface area contributed by atoms with Crippen LogP contribution in [0.25, 0.3) is 21.5 Å². The van der Waals surface area contributed by atoms with Crippen LogP contribution in [-0.4, -0.2) is 39.6 Å². The molecule has 216 valence electrons. The van der Waals surface area contributed by atoms with Crippen LogP contribution in [0.15, 0.2) is 77.8 Å². The molecule has 2 amide bonds.